The lowest BCUT2D eigenvalue weighted by molar-refractivity contribution is -0.0762. The molecule has 6 heteroatoms. The van der Waals surface area contributed by atoms with Gasteiger partial charge in [0.05, 0.1) is 29.3 Å². The lowest BCUT2D eigenvalue weighted by atomic mass is 9.90. The topological polar surface area (TPSA) is 55.6 Å². The van der Waals surface area contributed by atoms with Crippen molar-refractivity contribution < 1.29 is 14.1 Å². The first-order chi connectivity index (χ1) is 12.2. The van der Waals surface area contributed by atoms with Crippen LogP contribution in [0.2, 0.25) is 0 Å². The van der Waals surface area contributed by atoms with Gasteiger partial charge in [-0.3, -0.25) is 4.79 Å². The Morgan fingerprint density at radius 1 is 1.24 bits per heavy atom. The fourth-order valence-corrected chi connectivity index (χ4v) is 4.63. The number of aryl methyl sites for hydroxylation is 1. The molecule has 132 valence electrons. The summed E-state index contributed by atoms with van der Waals surface area (Å²) in [6.07, 6.45) is 4.54. The van der Waals surface area contributed by atoms with Crippen molar-refractivity contribution in [3.05, 3.63) is 41.8 Å². The molecule has 25 heavy (non-hydrogen) atoms. The zero-order chi connectivity index (χ0) is 17.2. The number of amides is 1. The van der Waals surface area contributed by atoms with Crippen LogP contribution in [0.4, 0.5) is 0 Å². The Hall–Kier alpha value is -1.79. The summed E-state index contributed by atoms with van der Waals surface area (Å²) >= 11 is 1.53. The number of morpholine rings is 1. The minimum Gasteiger partial charge on any atom is -0.374 e. The van der Waals surface area contributed by atoms with Crippen molar-refractivity contribution in [3.8, 4) is 0 Å². The summed E-state index contributed by atoms with van der Waals surface area (Å²) in [5, 5.41) is 4.06. The molecule has 1 amide bonds. The molecular formula is C19H22N2O3S. The van der Waals surface area contributed by atoms with Crippen molar-refractivity contribution in [1.29, 1.82) is 0 Å². The maximum atomic E-state index is 13.2. The van der Waals surface area contributed by atoms with Gasteiger partial charge in [0, 0.05) is 11.4 Å². The van der Waals surface area contributed by atoms with E-state index in [1.54, 1.807) is 0 Å². The van der Waals surface area contributed by atoms with E-state index in [9.17, 15) is 4.79 Å². The number of fused-ring (bicyclic) bond motifs is 1. The molecule has 0 N–H and O–H groups in total. The van der Waals surface area contributed by atoms with Crippen LogP contribution in [0.25, 0.3) is 0 Å². The molecule has 5 nitrogen and oxygen atoms in total. The molecule has 1 aliphatic heterocycles. The smallest absolute Gasteiger partial charge is 0.294 e. The zero-order valence-electron chi connectivity index (χ0n) is 14.3. The molecule has 2 aliphatic rings. The predicted octanol–water partition coefficient (Wildman–Crippen LogP) is 3.92. The van der Waals surface area contributed by atoms with Gasteiger partial charge in [-0.25, -0.2) is 0 Å². The van der Waals surface area contributed by atoms with Crippen molar-refractivity contribution in [2.24, 2.45) is 0 Å². The van der Waals surface area contributed by atoms with Gasteiger partial charge in [0.2, 0.25) is 5.76 Å². The quantitative estimate of drug-likeness (QED) is 0.832. The van der Waals surface area contributed by atoms with Crippen LogP contribution < -0.4 is 0 Å². The van der Waals surface area contributed by atoms with Crippen LogP contribution in [0.15, 0.2) is 44.6 Å². The molecule has 1 saturated heterocycles. The van der Waals surface area contributed by atoms with Gasteiger partial charge in [-0.1, -0.05) is 48.0 Å². The van der Waals surface area contributed by atoms with E-state index in [0.717, 1.165) is 34.7 Å². The Morgan fingerprint density at radius 3 is 2.88 bits per heavy atom. The molecular weight excluding hydrogens is 336 g/mol. The van der Waals surface area contributed by atoms with Gasteiger partial charge >= 0.3 is 0 Å². The van der Waals surface area contributed by atoms with Gasteiger partial charge in [-0.2, -0.15) is 0 Å². The standard InChI is InChI=1S/C19H22N2O3S/c1-13-18(25-14-7-3-2-4-8-14)17(24-20-13)19(22)21-11-12-23-16-10-6-5-9-15(16)21/h2-4,7-8,15-16H,5-6,9-12H2,1H3/t15-,16-/m0/s1. The maximum Gasteiger partial charge on any atom is 0.294 e. The average Bonchev–Trinajstić information content (AvgIpc) is 3.02. The minimum absolute atomic E-state index is 0.0563. The Balaban J connectivity index is 1.60. The molecule has 0 spiro atoms. The first-order valence-electron chi connectivity index (χ1n) is 8.86. The summed E-state index contributed by atoms with van der Waals surface area (Å²) in [7, 11) is 0. The maximum absolute atomic E-state index is 13.2. The monoisotopic (exact) mass is 358 g/mol. The molecule has 1 aliphatic carbocycles. The Bertz CT molecular complexity index is 744. The first kappa shape index (κ1) is 16.7. The molecule has 2 heterocycles. The number of rotatable bonds is 3. The molecule has 0 unspecified atom stereocenters. The molecule has 0 radical (unpaired) electrons. The summed E-state index contributed by atoms with van der Waals surface area (Å²) in [5.41, 5.74) is 0.755. The van der Waals surface area contributed by atoms with Crippen LogP contribution in [0.1, 0.15) is 41.9 Å². The van der Waals surface area contributed by atoms with E-state index in [1.807, 2.05) is 42.2 Å². The van der Waals surface area contributed by atoms with E-state index < -0.39 is 0 Å². The lowest BCUT2D eigenvalue weighted by Crippen LogP contribution is -2.54. The highest BCUT2D eigenvalue weighted by Crippen LogP contribution is 2.35. The van der Waals surface area contributed by atoms with Gasteiger partial charge in [0.25, 0.3) is 5.91 Å². The fraction of sp³-hybridized carbons (Fsp3) is 0.474. The number of ether oxygens (including phenoxy) is 1. The van der Waals surface area contributed by atoms with Crippen LogP contribution in [0.3, 0.4) is 0 Å². The van der Waals surface area contributed by atoms with Crippen molar-refractivity contribution in [1.82, 2.24) is 10.1 Å². The molecule has 4 rings (SSSR count). The molecule has 2 aromatic rings. The van der Waals surface area contributed by atoms with E-state index >= 15 is 0 Å². The van der Waals surface area contributed by atoms with E-state index in [2.05, 4.69) is 5.16 Å². The van der Waals surface area contributed by atoms with Gasteiger partial charge in [-0.15, -0.1) is 0 Å². The lowest BCUT2D eigenvalue weighted by Gasteiger charge is -2.43. The van der Waals surface area contributed by atoms with Gasteiger partial charge < -0.3 is 14.2 Å². The highest BCUT2D eigenvalue weighted by atomic mass is 32.2. The zero-order valence-corrected chi connectivity index (χ0v) is 15.1. The molecule has 1 aromatic carbocycles. The molecule has 1 saturated carbocycles. The number of hydrogen-bond donors (Lipinski definition) is 0. The third-order valence-corrected chi connectivity index (χ3v) is 6.15. The second-order valence-electron chi connectivity index (χ2n) is 6.60. The number of hydrogen-bond acceptors (Lipinski definition) is 5. The van der Waals surface area contributed by atoms with E-state index in [0.29, 0.717) is 18.9 Å². The Kier molecular flexibility index (Phi) is 4.81. The number of benzene rings is 1. The number of nitrogens with zero attached hydrogens (tertiary/aromatic N) is 2. The van der Waals surface area contributed by atoms with Gasteiger partial charge in [0.1, 0.15) is 0 Å². The predicted molar refractivity (Wildman–Crippen MR) is 94.8 cm³/mol. The summed E-state index contributed by atoms with van der Waals surface area (Å²) in [6, 6.07) is 10.2. The molecule has 1 aromatic heterocycles. The summed E-state index contributed by atoms with van der Waals surface area (Å²) in [4.78, 5) is 17.0. The first-order valence-corrected chi connectivity index (χ1v) is 9.67. The number of aromatic nitrogens is 1. The second-order valence-corrected chi connectivity index (χ2v) is 7.68. The minimum atomic E-state index is -0.0563. The third-order valence-electron chi connectivity index (χ3n) is 4.96. The second kappa shape index (κ2) is 7.22. The Labute approximate surface area is 151 Å². The average molecular weight is 358 g/mol. The van der Waals surface area contributed by atoms with Crippen molar-refractivity contribution in [2.45, 2.75) is 54.5 Å². The van der Waals surface area contributed by atoms with Crippen molar-refractivity contribution in [2.75, 3.05) is 13.2 Å². The van der Waals surface area contributed by atoms with Crippen molar-refractivity contribution in [3.63, 3.8) is 0 Å². The van der Waals surface area contributed by atoms with Crippen LogP contribution in [0, 0.1) is 6.92 Å². The van der Waals surface area contributed by atoms with Crippen LogP contribution >= 0.6 is 11.8 Å². The number of carbonyl (C=O) groups is 1. The van der Waals surface area contributed by atoms with Crippen LogP contribution in [0.5, 0.6) is 0 Å². The summed E-state index contributed by atoms with van der Waals surface area (Å²) < 4.78 is 11.3. The van der Waals surface area contributed by atoms with Crippen molar-refractivity contribution >= 4 is 17.7 Å². The Morgan fingerprint density at radius 2 is 2.04 bits per heavy atom. The van der Waals surface area contributed by atoms with Crippen LogP contribution in [-0.4, -0.2) is 41.3 Å². The molecule has 0 bridgehead atoms. The highest BCUT2D eigenvalue weighted by Gasteiger charge is 2.39. The largest absolute Gasteiger partial charge is 0.374 e. The van der Waals surface area contributed by atoms with E-state index in [4.69, 9.17) is 9.26 Å². The third kappa shape index (κ3) is 3.33. The fourth-order valence-electron chi connectivity index (χ4n) is 3.70. The highest BCUT2D eigenvalue weighted by molar-refractivity contribution is 7.99. The molecule has 2 atom stereocenters. The summed E-state index contributed by atoms with van der Waals surface area (Å²) in [5.74, 6) is 0.303. The van der Waals surface area contributed by atoms with E-state index in [1.165, 1.54) is 18.2 Å². The van der Waals surface area contributed by atoms with Crippen LogP contribution in [-0.2, 0) is 4.74 Å². The van der Waals surface area contributed by atoms with Gasteiger partial charge in [-0.05, 0) is 31.9 Å². The molecule has 2 fully saturated rings. The summed E-state index contributed by atoms with van der Waals surface area (Å²) in [6.45, 7) is 3.10. The van der Waals surface area contributed by atoms with E-state index in [-0.39, 0.29) is 18.1 Å². The number of carbonyl (C=O) groups excluding carboxylic acids is 1. The normalized spacial score (nSPS) is 23.3. The van der Waals surface area contributed by atoms with Gasteiger partial charge in [0.15, 0.2) is 0 Å². The SMILES string of the molecule is Cc1noc(C(=O)N2CCO[C@H]3CCCC[C@@H]32)c1Sc1ccccc1.